The van der Waals surface area contributed by atoms with Gasteiger partial charge in [0, 0.05) is 0 Å². The quantitative estimate of drug-likeness (QED) is 0.741. The molecule has 0 bridgehead atoms. The van der Waals surface area contributed by atoms with Crippen molar-refractivity contribution < 1.29 is 23.9 Å². The van der Waals surface area contributed by atoms with E-state index in [1.54, 1.807) is 37.4 Å². The molecule has 0 unspecified atom stereocenters. The molecule has 2 N–H and O–H groups in total. The van der Waals surface area contributed by atoms with E-state index in [1.807, 2.05) is 14.1 Å². The summed E-state index contributed by atoms with van der Waals surface area (Å²) in [6, 6.07) is 9.96. The molecule has 2 aromatic carbocycles. The summed E-state index contributed by atoms with van der Waals surface area (Å²) in [5.74, 6) is 1.40. The van der Waals surface area contributed by atoms with Crippen LogP contribution in [0.15, 0.2) is 51.9 Å². The van der Waals surface area contributed by atoms with Gasteiger partial charge < -0.3 is 23.9 Å². The third-order valence-electron chi connectivity index (χ3n) is 3.81. The van der Waals surface area contributed by atoms with Crippen molar-refractivity contribution in [2.24, 2.45) is 0 Å². The van der Waals surface area contributed by atoms with Gasteiger partial charge in [-0.25, -0.2) is 0 Å². The molecular formula is C19H20NO5+. The van der Waals surface area contributed by atoms with Crippen LogP contribution in [-0.4, -0.2) is 26.3 Å². The highest BCUT2D eigenvalue weighted by atomic mass is 16.5. The summed E-state index contributed by atoms with van der Waals surface area (Å²) in [5.41, 5.74) is 0.700. The van der Waals surface area contributed by atoms with E-state index in [-0.39, 0.29) is 16.9 Å². The number of nitrogens with one attached hydrogen (secondary N) is 1. The van der Waals surface area contributed by atoms with Crippen molar-refractivity contribution in [1.82, 2.24) is 0 Å². The number of phenols is 1. The Hall–Kier alpha value is -2.99. The highest BCUT2D eigenvalue weighted by molar-refractivity contribution is 5.82. The highest BCUT2D eigenvalue weighted by Crippen LogP contribution is 2.28. The molecule has 25 heavy (non-hydrogen) atoms. The number of benzene rings is 2. The van der Waals surface area contributed by atoms with Crippen LogP contribution in [0.25, 0.3) is 11.0 Å². The van der Waals surface area contributed by atoms with Gasteiger partial charge in [-0.1, -0.05) is 0 Å². The minimum Gasteiger partial charge on any atom is -0.507 e. The molecule has 3 aromatic rings. The van der Waals surface area contributed by atoms with Gasteiger partial charge in [0.1, 0.15) is 30.1 Å². The number of quaternary nitrogens is 1. The van der Waals surface area contributed by atoms with Crippen LogP contribution in [0.1, 0.15) is 5.56 Å². The van der Waals surface area contributed by atoms with Gasteiger partial charge >= 0.3 is 0 Å². The number of rotatable bonds is 5. The zero-order valence-electron chi connectivity index (χ0n) is 14.3. The normalized spacial score (nSPS) is 11.0. The standard InChI is InChI=1S/C19H19NO5/c1-20(2)10-15-16(21)9-8-14-18(22)17(11-24-19(14)15)25-13-6-4-12(23-3)5-7-13/h4-9,11,21H,10H2,1-3H3/p+1. The van der Waals surface area contributed by atoms with Crippen molar-refractivity contribution in [3.05, 3.63) is 58.4 Å². The van der Waals surface area contributed by atoms with Crippen molar-refractivity contribution in [3.63, 3.8) is 0 Å². The van der Waals surface area contributed by atoms with Crippen LogP contribution in [0.3, 0.4) is 0 Å². The van der Waals surface area contributed by atoms with Crippen LogP contribution < -0.4 is 19.8 Å². The Bertz CT molecular complexity index is 944. The van der Waals surface area contributed by atoms with E-state index in [1.165, 1.54) is 12.3 Å². The average molecular weight is 342 g/mol. The maximum Gasteiger partial charge on any atom is 0.235 e. The van der Waals surface area contributed by atoms with Crippen molar-refractivity contribution in [2.45, 2.75) is 6.54 Å². The first-order chi connectivity index (χ1) is 12.0. The minimum atomic E-state index is -0.285. The monoisotopic (exact) mass is 342 g/mol. The third-order valence-corrected chi connectivity index (χ3v) is 3.81. The fourth-order valence-electron chi connectivity index (χ4n) is 2.60. The lowest BCUT2D eigenvalue weighted by Crippen LogP contribution is -3.04. The second kappa shape index (κ2) is 6.86. The van der Waals surface area contributed by atoms with Crippen molar-refractivity contribution in [2.75, 3.05) is 21.2 Å². The van der Waals surface area contributed by atoms with Crippen LogP contribution in [0.2, 0.25) is 0 Å². The molecule has 0 aliphatic rings. The molecule has 3 rings (SSSR count). The molecule has 0 fully saturated rings. The van der Waals surface area contributed by atoms with E-state index in [4.69, 9.17) is 13.9 Å². The second-order valence-electron chi connectivity index (χ2n) is 6.03. The van der Waals surface area contributed by atoms with E-state index in [0.717, 1.165) is 4.90 Å². The Labute approximate surface area is 144 Å². The van der Waals surface area contributed by atoms with Gasteiger partial charge in [0.15, 0.2) is 5.58 Å². The lowest BCUT2D eigenvalue weighted by atomic mass is 10.1. The number of phenolic OH excluding ortho intramolecular Hbond substituents is 1. The van der Waals surface area contributed by atoms with Crippen LogP contribution in [0, 0.1) is 0 Å². The summed E-state index contributed by atoms with van der Waals surface area (Å²) in [6.07, 6.45) is 1.28. The zero-order chi connectivity index (χ0) is 18.0. The van der Waals surface area contributed by atoms with E-state index in [0.29, 0.717) is 34.6 Å². The van der Waals surface area contributed by atoms with Crippen LogP contribution in [0.5, 0.6) is 23.0 Å². The fourth-order valence-corrected chi connectivity index (χ4v) is 2.60. The van der Waals surface area contributed by atoms with Crippen molar-refractivity contribution in [3.8, 4) is 23.0 Å². The molecule has 0 spiro atoms. The van der Waals surface area contributed by atoms with Gasteiger partial charge in [-0.15, -0.1) is 0 Å². The Morgan fingerprint density at radius 2 is 1.76 bits per heavy atom. The highest BCUT2D eigenvalue weighted by Gasteiger charge is 2.17. The smallest absolute Gasteiger partial charge is 0.235 e. The summed E-state index contributed by atoms with van der Waals surface area (Å²) >= 11 is 0. The lowest BCUT2D eigenvalue weighted by molar-refractivity contribution is -0.872. The van der Waals surface area contributed by atoms with Crippen molar-refractivity contribution in [1.29, 1.82) is 0 Å². The lowest BCUT2D eigenvalue weighted by Gasteiger charge is -2.12. The maximum atomic E-state index is 12.7. The molecule has 0 saturated carbocycles. The summed E-state index contributed by atoms with van der Waals surface area (Å²) in [4.78, 5) is 13.8. The van der Waals surface area contributed by atoms with Crippen LogP contribution in [-0.2, 0) is 6.54 Å². The molecule has 0 aliphatic heterocycles. The van der Waals surface area contributed by atoms with Crippen molar-refractivity contribution >= 4 is 11.0 Å². The number of methoxy groups -OCH3 is 1. The van der Waals surface area contributed by atoms with Gasteiger partial charge in [0.05, 0.1) is 32.2 Å². The van der Waals surface area contributed by atoms with Gasteiger partial charge in [-0.05, 0) is 36.4 Å². The molecule has 0 amide bonds. The van der Waals surface area contributed by atoms with E-state index in [2.05, 4.69) is 0 Å². The second-order valence-corrected chi connectivity index (χ2v) is 6.03. The number of ether oxygens (including phenoxy) is 2. The Balaban J connectivity index is 2.02. The van der Waals surface area contributed by atoms with E-state index >= 15 is 0 Å². The summed E-state index contributed by atoms with van der Waals surface area (Å²) in [7, 11) is 5.49. The Morgan fingerprint density at radius 1 is 1.08 bits per heavy atom. The predicted molar refractivity (Wildman–Crippen MR) is 93.7 cm³/mol. The summed E-state index contributed by atoms with van der Waals surface area (Å²) in [5, 5.41) is 10.5. The van der Waals surface area contributed by atoms with Gasteiger partial charge in [-0.3, -0.25) is 4.79 Å². The zero-order valence-corrected chi connectivity index (χ0v) is 14.3. The maximum absolute atomic E-state index is 12.7. The van der Waals surface area contributed by atoms with Crippen LogP contribution in [0.4, 0.5) is 0 Å². The molecule has 130 valence electrons. The number of aromatic hydroxyl groups is 1. The first kappa shape index (κ1) is 16.9. The number of hydrogen-bond acceptors (Lipinski definition) is 5. The summed E-state index contributed by atoms with van der Waals surface area (Å²) in [6.45, 7) is 0.533. The number of fused-ring (bicyclic) bond motifs is 1. The molecule has 0 aliphatic carbocycles. The Kier molecular flexibility index (Phi) is 4.63. The largest absolute Gasteiger partial charge is 0.507 e. The topological polar surface area (TPSA) is 73.3 Å². The molecule has 6 nitrogen and oxygen atoms in total. The molecule has 0 atom stereocenters. The predicted octanol–water partition coefficient (Wildman–Crippen LogP) is 1.94. The first-order valence-corrected chi connectivity index (χ1v) is 7.87. The average Bonchev–Trinajstić information content (AvgIpc) is 2.60. The molecule has 0 radical (unpaired) electrons. The van der Waals surface area contributed by atoms with Gasteiger partial charge in [-0.2, -0.15) is 0 Å². The number of hydrogen-bond donors (Lipinski definition) is 2. The summed E-state index contributed by atoms with van der Waals surface area (Å²) < 4.78 is 16.4. The molecule has 0 saturated heterocycles. The van der Waals surface area contributed by atoms with Gasteiger partial charge in [0.25, 0.3) is 0 Å². The van der Waals surface area contributed by atoms with Gasteiger partial charge in [0.2, 0.25) is 11.2 Å². The molecule has 1 heterocycles. The molecule has 1 aromatic heterocycles. The minimum absolute atomic E-state index is 0.0894. The molecule has 6 heteroatoms. The van der Waals surface area contributed by atoms with E-state index < -0.39 is 0 Å². The Morgan fingerprint density at radius 3 is 2.40 bits per heavy atom. The fraction of sp³-hybridized carbons (Fsp3) is 0.211. The van der Waals surface area contributed by atoms with Crippen LogP contribution >= 0.6 is 0 Å². The van der Waals surface area contributed by atoms with E-state index in [9.17, 15) is 9.90 Å². The third kappa shape index (κ3) is 3.44. The molecular weight excluding hydrogens is 322 g/mol. The first-order valence-electron chi connectivity index (χ1n) is 7.87. The SMILES string of the molecule is COc1ccc(Oc2coc3c(C[NH+](C)C)c(O)ccc3c2=O)cc1.